The van der Waals surface area contributed by atoms with E-state index in [0.717, 1.165) is 5.57 Å². The van der Waals surface area contributed by atoms with Crippen LogP contribution in [0.1, 0.15) is 12.5 Å². The van der Waals surface area contributed by atoms with Crippen molar-refractivity contribution in [1.29, 1.82) is 0 Å². The van der Waals surface area contributed by atoms with Gasteiger partial charge in [0.25, 0.3) is 0 Å². The first-order chi connectivity index (χ1) is 7.61. The Bertz CT molecular complexity index is 480. The Morgan fingerprint density at radius 3 is 2.94 bits per heavy atom. The molecule has 16 heavy (non-hydrogen) atoms. The van der Waals surface area contributed by atoms with Crippen LogP contribution in [0.5, 0.6) is 0 Å². The Hall–Kier alpha value is -1.66. The van der Waals surface area contributed by atoms with Gasteiger partial charge in [-0.25, -0.2) is 4.79 Å². The normalized spacial score (nSPS) is 24.5. The molecule has 0 bridgehead atoms. The average Bonchev–Trinajstić information content (AvgIpc) is 2.60. The van der Waals surface area contributed by atoms with E-state index in [1.54, 1.807) is 6.08 Å². The Balaban J connectivity index is 2.30. The molecule has 1 aliphatic carbocycles. The van der Waals surface area contributed by atoms with Crippen molar-refractivity contribution in [2.75, 3.05) is 12.3 Å². The second-order valence-corrected chi connectivity index (χ2v) is 3.79. The van der Waals surface area contributed by atoms with Gasteiger partial charge in [-0.1, -0.05) is 6.08 Å². The van der Waals surface area contributed by atoms with Crippen LogP contribution in [-0.4, -0.2) is 32.5 Å². The molecule has 1 aromatic rings. The smallest absolute Gasteiger partial charge is 0.349 e. The minimum atomic E-state index is -0.773. The second-order valence-electron chi connectivity index (χ2n) is 3.79. The third-order valence-electron chi connectivity index (χ3n) is 2.68. The van der Waals surface area contributed by atoms with Crippen LogP contribution in [0.4, 0.5) is 5.82 Å². The molecule has 0 unspecified atom stereocenters. The standard InChI is InChI=1S/C10H13N3O3/c11-9-1-2-13(10(16)12-9)7-3-6(5-14)4-8(7)15/h1-2,4,7-8,14-15H,3,5H2,(H2,11,12,16)/t7-,8-/m1/s1. The highest BCUT2D eigenvalue weighted by atomic mass is 16.3. The van der Waals surface area contributed by atoms with Crippen LogP contribution in [0.15, 0.2) is 28.7 Å². The zero-order valence-electron chi connectivity index (χ0n) is 8.58. The van der Waals surface area contributed by atoms with Crippen LogP contribution >= 0.6 is 0 Å². The largest absolute Gasteiger partial charge is 0.392 e. The summed E-state index contributed by atoms with van der Waals surface area (Å²) in [6, 6.07) is 1.10. The fourth-order valence-electron chi connectivity index (χ4n) is 1.87. The molecule has 1 heterocycles. The molecular weight excluding hydrogens is 210 g/mol. The van der Waals surface area contributed by atoms with Gasteiger partial charge in [0.15, 0.2) is 0 Å². The van der Waals surface area contributed by atoms with E-state index in [0.29, 0.717) is 6.42 Å². The number of hydrogen-bond donors (Lipinski definition) is 3. The third kappa shape index (κ3) is 1.84. The van der Waals surface area contributed by atoms with Crippen molar-refractivity contribution >= 4 is 5.82 Å². The van der Waals surface area contributed by atoms with Gasteiger partial charge in [-0.15, -0.1) is 0 Å². The summed E-state index contributed by atoms with van der Waals surface area (Å²) in [5, 5.41) is 18.7. The molecule has 0 spiro atoms. The van der Waals surface area contributed by atoms with E-state index in [1.807, 2.05) is 0 Å². The second kappa shape index (κ2) is 4.07. The lowest BCUT2D eigenvalue weighted by atomic mass is 10.1. The monoisotopic (exact) mass is 223 g/mol. The zero-order valence-corrected chi connectivity index (χ0v) is 8.58. The molecule has 4 N–H and O–H groups in total. The molecule has 1 aliphatic rings. The van der Waals surface area contributed by atoms with Crippen molar-refractivity contribution in [1.82, 2.24) is 9.55 Å². The van der Waals surface area contributed by atoms with Gasteiger partial charge in [-0.3, -0.25) is 4.57 Å². The number of aliphatic hydroxyl groups excluding tert-OH is 2. The zero-order chi connectivity index (χ0) is 11.7. The first-order valence-corrected chi connectivity index (χ1v) is 4.95. The van der Waals surface area contributed by atoms with E-state index < -0.39 is 17.8 Å². The number of aromatic nitrogens is 2. The van der Waals surface area contributed by atoms with Crippen molar-refractivity contribution in [3.8, 4) is 0 Å². The fraction of sp³-hybridized carbons (Fsp3) is 0.400. The van der Waals surface area contributed by atoms with Gasteiger partial charge < -0.3 is 15.9 Å². The maximum atomic E-state index is 11.5. The molecule has 0 amide bonds. The molecule has 0 aromatic carbocycles. The Morgan fingerprint density at radius 2 is 2.38 bits per heavy atom. The van der Waals surface area contributed by atoms with Gasteiger partial charge in [0.2, 0.25) is 0 Å². The van der Waals surface area contributed by atoms with Gasteiger partial charge >= 0.3 is 5.69 Å². The molecule has 0 fully saturated rings. The summed E-state index contributed by atoms with van der Waals surface area (Å²) in [7, 11) is 0. The van der Waals surface area contributed by atoms with Crippen LogP contribution in [-0.2, 0) is 0 Å². The third-order valence-corrected chi connectivity index (χ3v) is 2.68. The molecule has 0 radical (unpaired) electrons. The van der Waals surface area contributed by atoms with Crippen LogP contribution < -0.4 is 11.4 Å². The predicted molar refractivity (Wildman–Crippen MR) is 57.7 cm³/mol. The van der Waals surface area contributed by atoms with Gasteiger partial charge in [0.05, 0.1) is 18.8 Å². The molecule has 2 rings (SSSR count). The van der Waals surface area contributed by atoms with Gasteiger partial charge in [0.1, 0.15) is 5.82 Å². The average molecular weight is 223 g/mol. The van der Waals surface area contributed by atoms with Gasteiger partial charge in [0, 0.05) is 6.20 Å². The Morgan fingerprint density at radius 1 is 1.62 bits per heavy atom. The molecule has 86 valence electrons. The van der Waals surface area contributed by atoms with Gasteiger partial charge in [-0.05, 0) is 18.1 Å². The quantitative estimate of drug-likeness (QED) is 0.561. The topological polar surface area (TPSA) is 101 Å². The molecule has 6 nitrogen and oxygen atoms in total. The summed E-state index contributed by atoms with van der Waals surface area (Å²) in [5.74, 6) is 0.157. The highest BCUT2D eigenvalue weighted by molar-refractivity contribution is 5.25. The lowest BCUT2D eigenvalue weighted by Gasteiger charge is -2.17. The SMILES string of the molecule is Nc1ccn([C@@H]2CC(CO)=C[C@H]2O)c(=O)n1. The van der Waals surface area contributed by atoms with Gasteiger partial charge in [-0.2, -0.15) is 4.98 Å². The summed E-state index contributed by atoms with van der Waals surface area (Å²) in [5.41, 5.74) is 5.61. The molecule has 0 saturated heterocycles. The molecule has 0 aliphatic heterocycles. The Kier molecular flexibility index (Phi) is 2.76. The van der Waals surface area contributed by atoms with E-state index in [2.05, 4.69) is 4.98 Å². The van der Waals surface area contributed by atoms with Crippen molar-refractivity contribution < 1.29 is 10.2 Å². The number of aliphatic hydroxyl groups is 2. The first kappa shape index (κ1) is 10.8. The number of rotatable bonds is 2. The van der Waals surface area contributed by atoms with Crippen molar-refractivity contribution in [2.24, 2.45) is 0 Å². The number of nitrogens with zero attached hydrogens (tertiary/aromatic N) is 2. The predicted octanol–water partition coefficient (Wildman–Crippen LogP) is -0.950. The molecule has 2 atom stereocenters. The minimum absolute atomic E-state index is 0.106. The highest BCUT2D eigenvalue weighted by Crippen LogP contribution is 2.28. The van der Waals surface area contributed by atoms with Crippen LogP contribution in [0.2, 0.25) is 0 Å². The summed E-state index contributed by atoms with van der Waals surface area (Å²) in [6.07, 6.45) is 2.74. The number of nitrogen functional groups attached to an aromatic ring is 1. The van der Waals surface area contributed by atoms with E-state index >= 15 is 0 Å². The Labute approximate surface area is 91.7 Å². The summed E-state index contributed by atoms with van der Waals surface area (Å²) < 4.78 is 1.33. The maximum absolute atomic E-state index is 11.5. The summed E-state index contributed by atoms with van der Waals surface area (Å²) in [4.78, 5) is 15.1. The maximum Gasteiger partial charge on any atom is 0.349 e. The molecule has 6 heteroatoms. The first-order valence-electron chi connectivity index (χ1n) is 4.95. The van der Waals surface area contributed by atoms with E-state index in [9.17, 15) is 9.90 Å². The molecule has 0 saturated carbocycles. The van der Waals surface area contributed by atoms with E-state index in [-0.39, 0.29) is 12.4 Å². The highest BCUT2D eigenvalue weighted by Gasteiger charge is 2.27. The van der Waals surface area contributed by atoms with Crippen molar-refractivity contribution in [2.45, 2.75) is 18.6 Å². The van der Waals surface area contributed by atoms with Crippen molar-refractivity contribution in [3.63, 3.8) is 0 Å². The van der Waals surface area contributed by atoms with Crippen molar-refractivity contribution in [3.05, 3.63) is 34.4 Å². The fourth-order valence-corrected chi connectivity index (χ4v) is 1.87. The summed E-state index contributed by atoms with van der Waals surface area (Å²) >= 11 is 0. The molecular formula is C10H13N3O3. The van der Waals surface area contributed by atoms with Crippen LogP contribution in [0.25, 0.3) is 0 Å². The summed E-state index contributed by atoms with van der Waals surface area (Å²) in [6.45, 7) is -0.106. The minimum Gasteiger partial charge on any atom is -0.392 e. The van der Waals surface area contributed by atoms with E-state index in [1.165, 1.54) is 16.8 Å². The van der Waals surface area contributed by atoms with Crippen LogP contribution in [0, 0.1) is 0 Å². The lowest BCUT2D eigenvalue weighted by Crippen LogP contribution is -2.31. The number of nitrogens with two attached hydrogens (primary N) is 1. The van der Waals surface area contributed by atoms with Crippen LogP contribution in [0.3, 0.4) is 0 Å². The molecule has 1 aromatic heterocycles. The van der Waals surface area contributed by atoms with E-state index in [4.69, 9.17) is 10.8 Å². The number of anilines is 1. The lowest BCUT2D eigenvalue weighted by molar-refractivity contribution is 0.165. The number of hydrogen-bond acceptors (Lipinski definition) is 5.